The minimum absolute atomic E-state index is 0.0437. The number of benzene rings is 3. The highest BCUT2D eigenvalue weighted by Gasteiger charge is 2.31. The third-order valence-electron chi connectivity index (χ3n) is 6.29. The lowest BCUT2D eigenvalue weighted by Gasteiger charge is -2.32. The number of halogens is 2. The van der Waals surface area contributed by atoms with Gasteiger partial charge >= 0.3 is 0 Å². The molecular formula is C30H34BrFN2O3. The summed E-state index contributed by atoms with van der Waals surface area (Å²) >= 11 is 3.52. The second kappa shape index (κ2) is 13.9. The minimum Gasteiger partial charge on any atom is -0.483 e. The lowest BCUT2D eigenvalue weighted by Crippen LogP contribution is -2.53. The van der Waals surface area contributed by atoms with E-state index in [0.717, 1.165) is 34.0 Å². The molecule has 196 valence electrons. The SMILES string of the molecule is CCc1ccc(OCC(=O)N(Cc2ccc(F)cc2)[C@H](Cc2ccccc2)C(=O)N[C@H](C)CC)c(Br)c1. The van der Waals surface area contributed by atoms with Crippen molar-refractivity contribution >= 4 is 27.7 Å². The van der Waals surface area contributed by atoms with Crippen LogP contribution in [0.25, 0.3) is 0 Å². The van der Waals surface area contributed by atoms with Crippen LogP contribution in [0.2, 0.25) is 0 Å². The van der Waals surface area contributed by atoms with Gasteiger partial charge in [-0.1, -0.05) is 62.4 Å². The van der Waals surface area contributed by atoms with Crippen molar-refractivity contribution in [3.8, 4) is 5.75 Å². The fourth-order valence-corrected chi connectivity index (χ4v) is 4.43. The van der Waals surface area contributed by atoms with Crippen LogP contribution in [0.4, 0.5) is 4.39 Å². The van der Waals surface area contributed by atoms with Crippen molar-refractivity contribution in [2.75, 3.05) is 6.61 Å². The lowest BCUT2D eigenvalue weighted by molar-refractivity contribution is -0.143. The van der Waals surface area contributed by atoms with Crippen LogP contribution in [-0.2, 0) is 29.0 Å². The average Bonchev–Trinajstić information content (AvgIpc) is 2.91. The molecule has 0 heterocycles. The first-order valence-corrected chi connectivity index (χ1v) is 13.4. The number of amides is 2. The van der Waals surface area contributed by atoms with Crippen LogP contribution >= 0.6 is 15.9 Å². The summed E-state index contributed by atoms with van der Waals surface area (Å²) in [5.41, 5.74) is 2.80. The first-order valence-electron chi connectivity index (χ1n) is 12.6. The Morgan fingerprint density at radius 1 is 0.973 bits per heavy atom. The maximum Gasteiger partial charge on any atom is 0.261 e. The van der Waals surface area contributed by atoms with Crippen LogP contribution in [0.5, 0.6) is 5.75 Å². The van der Waals surface area contributed by atoms with E-state index in [0.29, 0.717) is 12.2 Å². The normalized spacial score (nSPS) is 12.5. The van der Waals surface area contributed by atoms with Gasteiger partial charge in [0.2, 0.25) is 5.91 Å². The Labute approximate surface area is 227 Å². The van der Waals surface area contributed by atoms with E-state index in [1.165, 1.54) is 17.0 Å². The van der Waals surface area contributed by atoms with Gasteiger partial charge in [-0.15, -0.1) is 0 Å². The monoisotopic (exact) mass is 568 g/mol. The van der Waals surface area contributed by atoms with Crippen molar-refractivity contribution in [3.05, 3.63) is 99.8 Å². The molecule has 37 heavy (non-hydrogen) atoms. The number of carbonyl (C=O) groups excluding carboxylic acids is 2. The molecule has 3 aromatic rings. The van der Waals surface area contributed by atoms with Gasteiger partial charge in [0.05, 0.1) is 4.47 Å². The molecule has 0 unspecified atom stereocenters. The molecule has 0 saturated carbocycles. The first kappa shape index (κ1) is 28.4. The van der Waals surface area contributed by atoms with Crippen LogP contribution in [0.1, 0.15) is 43.9 Å². The molecule has 3 rings (SSSR count). The zero-order valence-corrected chi connectivity index (χ0v) is 23.1. The summed E-state index contributed by atoms with van der Waals surface area (Å²) in [7, 11) is 0. The van der Waals surface area contributed by atoms with Crippen LogP contribution in [-0.4, -0.2) is 35.4 Å². The summed E-state index contributed by atoms with van der Waals surface area (Å²) < 4.78 is 20.2. The van der Waals surface area contributed by atoms with Crippen LogP contribution in [0.3, 0.4) is 0 Å². The van der Waals surface area contributed by atoms with Gasteiger partial charge in [0.25, 0.3) is 5.91 Å². The molecule has 0 fully saturated rings. The highest BCUT2D eigenvalue weighted by molar-refractivity contribution is 9.10. The average molecular weight is 570 g/mol. The van der Waals surface area contributed by atoms with Crippen molar-refractivity contribution in [2.45, 2.75) is 58.7 Å². The zero-order chi connectivity index (χ0) is 26.8. The summed E-state index contributed by atoms with van der Waals surface area (Å²) in [5, 5.41) is 3.03. The number of hydrogen-bond donors (Lipinski definition) is 1. The van der Waals surface area contributed by atoms with Crippen LogP contribution in [0.15, 0.2) is 77.3 Å². The van der Waals surface area contributed by atoms with Crippen molar-refractivity contribution in [2.24, 2.45) is 0 Å². The Kier molecular flexibility index (Phi) is 10.7. The van der Waals surface area contributed by atoms with Gasteiger partial charge in [-0.2, -0.15) is 0 Å². The molecule has 2 atom stereocenters. The molecule has 0 spiro atoms. The molecule has 0 aromatic heterocycles. The Bertz CT molecular complexity index is 1170. The number of aryl methyl sites for hydroxylation is 1. The maximum atomic E-state index is 13.6. The van der Waals surface area contributed by atoms with Crippen molar-refractivity contribution in [1.29, 1.82) is 0 Å². The summed E-state index contributed by atoms with van der Waals surface area (Å²) in [6, 6.07) is 20.5. The molecule has 1 N–H and O–H groups in total. The number of hydrogen-bond acceptors (Lipinski definition) is 3. The molecule has 0 bridgehead atoms. The summed E-state index contributed by atoms with van der Waals surface area (Å²) in [6.07, 6.45) is 1.99. The Morgan fingerprint density at radius 2 is 1.65 bits per heavy atom. The molecule has 2 amide bonds. The van der Waals surface area contributed by atoms with E-state index < -0.39 is 6.04 Å². The molecule has 7 heteroatoms. The van der Waals surface area contributed by atoms with E-state index in [1.54, 1.807) is 12.1 Å². The Morgan fingerprint density at radius 3 is 2.27 bits per heavy atom. The number of nitrogens with one attached hydrogen (secondary N) is 1. The third-order valence-corrected chi connectivity index (χ3v) is 6.91. The third kappa shape index (κ3) is 8.42. The predicted octanol–water partition coefficient (Wildman–Crippen LogP) is 6.08. The van der Waals surface area contributed by atoms with E-state index in [4.69, 9.17) is 4.74 Å². The number of nitrogens with zero attached hydrogens (tertiary/aromatic N) is 1. The lowest BCUT2D eigenvalue weighted by atomic mass is 10.0. The fraction of sp³-hybridized carbons (Fsp3) is 0.333. The van der Waals surface area contributed by atoms with E-state index in [-0.39, 0.29) is 36.8 Å². The quantitative estimate of drug-likeness (QED) is 0.288. The van der Waals surface area contributed by atoms with Crippen molar-refractivity contribution in [3.63, 3.8) is 0 Å². The van der Waals surface area contributed by atoms with E-state index in [2.05, 4.69) is 28.2 Å². The molecule has 0 aliphatic rings. The number of ether oxygens (including phenoxy) is 1. The standard InChI is InChI=1S/C30H34BrFN2O3/c1-4-21(3)33-30(36)27(18-23-9-7-6-8-10-23)34(19-24-11-14-25(32)15-12-24)29(35)20-37-28-16-13-22(5-2)17-26(28)31/h6-17,21,27H,4-5,18-20H2,1-3H3,(H,33,36)/t21-,27-/m1/s1. The van der Waals surface area contributed by atoms with Crippen molar-refractivity contribution in [1.82, 2.24) is 10.2 Å². The molecule has 0 radical (unpaired) electrons. The van der Waals surface area contributed by atoms with Crippen molar-refractivity contribution < 1.29 is 18.7 Å². The summed E-state index contributed by atoms with van der Waals surface area (Å²) in [4.78, 5) is 28.7. The largest absolute Gasteiger partial charge is 0.483 e. The summed E-state index contributed by atoms with van der Waals surface area (Å²) in [5.74, 6) is -0.380. The zero-order valence-electron chi connectivity index (χ0n) is 21.5. The number of carbonyl (C=O) groups is 2. The Hall–Kier alpha value is -3.19. The van der Waals surface area contributed by atoms with E-state index in [9.17, 15) is 14.0 Å². The van der Waals surface area contributed by atoms with Gasteiger partial charge in [0.1, 0.15) is 17.6 Å². The fourth-order valence-electron chi connectivity index (χ4n) is 3.89. The van der Waals surface area contributed by atoms with Gasteiger partial charge in [-0.05, 0) is 76.7 Å². The molecule has 0 aliphatic heterocycles. The number of rotatable bonds is 12. The maximum absolute atomic E-state index is 13.6. The van der Waals surface area contributed by atoms with E-state index >= 15 is 0 Å². The van der Waals surface area contributed by atoms with Gasteiger partial charge < -0.3 is 15.0 Å². The first-order chi connectivity index (χ1) is 17.8. The predicted molar refractivity (Wildman–Crippen MR) is 148 cm³/mol. The van der Waals surface area contributed by atoms with Gasteiger partial charge in [-0.25, -0.2) is 4.39 Å². The van der Waals surface area contributed by atoms with Crippen LogP contribution < -0.4 is 10.1 Å². The minimum atomic E-state index is -0.775. The van der Waals surface area contributed by atoms with Gasteiger partial charge in [0, 0.05) is 19.0 Å². The highest BCUT2D eigenvalue weighted by Crippen LogP contribution is 2.26. The van der Waals surface area contributed by atoms with Gasteiger partial charge in [0.15, 0.2) is 6.61 Å². The molecule has 0 aliphatic carbocycles. The summed E-state index contributed by atoms with van der Waals surface area (Å²) in [6.45, 7) is 5.89. The molecule has 5 nitrogen and oxygen atoms in total. The smallest absolute Gasteiger partial charge is 0.261 e. The second-order valence-electron chi connectivity index (χ2n) is 9.08. The molecule has 3 aromatic carbocycles. The molecular weight excluding hydrogens is 535 g/mol. The highest BCUT2D eigenvalue weighted by atomic mass is 79.9. The topological polar surface area (TPSA) is 58.6 Å². The Balaban J connectivity index is 1.91. The van der Waals surface area contributed by atoms with Crippen LogP contribution in [0, 0.1) is 5.82 Å². The van der Waals surface area contributed by atoms with E-state index in [1.807, 2.05) is 62.4 Å². The molecule has 0 saturated heterocycles. The van der Waals surface area contributed by atoms with Gasteiger partial charge in [-0.3, -0.25) is 9.59 Å². The second-order valence-corrected chi connectivity index (χ2v) is 9.93.